The van der Waals surface area contributed by atoms with E-state index in [0.717, 1.165) is 31.4 Å². The zero-order chi connectivity index (χ0) is 18.5. The van der Waals surface area contributed by atoms with E-state index in [2.05, 4.69) is 12.1 Å². The maximum atomic E-state index is 13.6. The number of ether oxygens (including phenoxy) is 1. The number of benzene rings is 1. The largest absolute Gasteiger partial charge is 0.479 e. The Morgan fingerprint density at radius 3 is 2.88 bits per heavy atom. The predicted octanol–water partition coefficient (Wildman–Crippen LogP) is 4.10. The van der Waals surface area contributed by atoms with Crippen LogP contribution in [0.3, 0.4) is 0 Å². The van der Waals surface area contributed by atoms with Crippen LogP contribution in [0.15, 0.2) is 40.9 Å². The Balaban J connectivity index is 1.63. The van der Waals surface area contributed by atoms with Gasteiger partial charge in [-0.1, -0.05) is 43.1 Å². The lowest BCUT2D eigenvalue weighted by Crippen LogP contribution is -2.36. The molecule has 0 bridgehead atoms. The Labute approximate surface area is 150 Å². The lowest BCUT2D eigenvalue weighted by molar-refractivity contribution is 0.0732. The minimum atomic E-state index is -0.803. The first-order chi connectivity index (χ1) is 12.6. The number of rotatable bonds is 7. The highest BCUT2D eigenvalue weighted by molar-refractivity contribution is 5.93. The second-order valence-corrected chi connectivity index (χ2v) is 6.11. The van der Waals surface area contributed by atoms with Gasteiger partial charge in [0.2, 0.25) is 0 Å². The van der Waals surface area contributed by atoms with E-state index in [1.807, 2.05) is 12.2 Å². The van der Waals surface area contributed by atoms with Crippen molar-refractivity contribution in [3.05, 3.63) is 59.5 Å². The van der Waals surface area contributed by atoms with Crippen LogP contribution < -0.4 is 4.74 Å². The van der Waals surface area contributed by atoms with E-state index in [9.17, 15) is 13.6 Å². The fourth-order valence-corrected chi connectivity index (χ4v) is 2.86. The molecular formula is C19H20F2N2O3. The second kappa shape index (κ2) is 8.12. The summed E-state index contributed by atoms with van der Waals surface area (Å²) >= 11 is 0. The summed E-state index contributed by atoms with van der Waals surface area (Å²) in [6.07, 6.45) is 6.98. The van der Waals surface area contributed by atoms with Crippen LogP contribution in [0.25, 0.3) is 0 Å². The molecule has 0 unspecified atom stereocenters. The number of carbonyl (C=O) groups is 1. The highest BCUT2D eigenvalue weighted by Crippen LogP contribution is 2.23. The Morgan fingerprint density at radius 2 is 2.15 bits per heavy atom. The normalized spacial score (nSPS) is 16.3. The summed E-state index contributed by atoms with van der Waals surface area (Å²) in [5.41, 5.74) is 0.155. The fraction of sp³-hybridized carbons (Fsp3) is 0.368. The topological polar surface area (TPSA) is 55.6 Å². The van der Waals surface area contributed by atoms with Crippen molar-refractivity contribution < 1.29 is 22.8 Å². The summed E-state index contributed by atoms with van der Waals surface area (Å²) in [5.74, 6) is -2.11. The first kappa shape index (κ1) is 18.1. The standard InChI is InChI=1S/C19H20F2N2O3/c1-2-3-6-13-7-5-10-23(13)19(24)17-11-14(26-22-17)12-25-18-15(20)8-4-9-16(18)21/h4-5,7-9,11,13H,2-3,6,10,12H2,1H3/t13-/m0/s1. The van der Waals surface area contributed by atoms with Gasteiger partial charge in [-0.2, -0.15) is 0 Å². The molecule has 0 saturated heterocycles. The molecule has 0 saturated carbocycles. The van der Waals surface area contributed by atoms with Gasteiger partial charge < -0.3 is 14.2 Å². The third-order valence-electron chi connectivity index (χ3n) is 4.23. The third kappa shape index (κ3) is 3.92. The molecule has 0 radical (unpaired) electrons. The molecule has 1 atom stereocenters. The summed E-state index contributed by atoms with van der Waals surface area (Å²) in [6, 6.07) is 4.96. The zero-order valence-electron chi connectivity index (χ0n) is 14.5. The lowest BCUT2D eigenvalue weighted by Gasteiger charge is -2.23. The van der Waals surface area contributed by atoms with E-state index >= 15 is 0 Å². The van der Waals surface area contributed by atoms with Crippen molar-refractivity contribution in [1.29, 1.82) is 0 Å². The van der Waals surface area contributed by atoms with Crippen LogP contribution in [0.4, 0.5) is 8.78 Å². The van der Waals surface area contributed by atoms with Crippen molar-refractivity contribution >= 4 is 5.91 Å². The van der Waals surface area contributed by atoms with Crippen LogP contribution in [-0.4, -0.2) is 28.6 Å². The van der Waals surface area contributed by atoms with Crippen molar-refractivity contribution in [3.63, 3.8) is 0 Å². The van der Waals surface area contributed by atoms with Crippen molar-refractivity contribution in [2.45, 2.75) is 38.8 Å². The Morgan fingerprint density at radius 1 is 1.38 bits per heavy atom. The first-order valence-electron chi connectivity index (χ1n) is 8.60. The number of aromatic nitrogens is 1. The van der Waals surface area contributed by atoms with Crippen LogP contribution in [0, 0.1) is 11.6 Å². The average molecular weight is 362 g/mol. The average Bonchev–Trinajstić information content (AvgIpc) is 3.28. The molecule has 26 heavy (non-hydrogen) atoms. The fourth-order valence-electron chi connectivity index (χ4n) is 2.86. The summed E-state index contributed by atoms with van der Waals surface area (Å²) in [6.45, 7) is 2.41. The maximum Gasteiger partial charge on any atom is 0.276 e. The monoisotopic (exact) mass is 362 g/mol. The Bertz CT molecular complexity index is 784. The maximum absolute atomic E-state index is 13.6. The summed E-state index contributed by atoms with van der Waals surface area (Å²) in [4.78, 5) is 14.3. The molecule has 0 N–H and O–H groups in total. The van der Waals surface area contributed by atoms with Gasteiger partial charge in [0.15, 0.2) is 28.8 Å². The number of carbonyl (C=O) groups excluding carboxylic acids is 1. The Kier molecular flexibility index (Phi) is 5.65. The molecule has 1 aromatic carbocycles. The summed E-state index contributed by atoms with van der Waals surface area (Å²) in [5, 5.41) is 3.77. The number of nitrogens with zero attached hydrogens (tertiary/aromatic N) is 2. The SMILES string of the molecule is CCCC[C@H]1C=CCN1C(=O)c1cc(COc2c(F)cccc2F)on1. The summed E-state index contributed by atoms with van der Waals surface area (Å²) < 4.78 is 37.3. The molecule has 3 rings (SSSR count). The van der Waals surface area contributed by atoms with E-state index in [1.54, 1.807) is 4.90 Å². The second-order valence-electron chi connectivity index (χ2n) is 6.11. The molecular weight excluding hydrogens is 342 g/mol. The predicted molar refractivity (Wildman–Crippen MR) is 90.7 cm³/mol. The van der Waals surface area contributed by atoms with Crippen molar-refractivity contribution in [2.75, 3.05) is 6.54 Å². The van der Waals surface area contributed by atoms with Gasteiger partial charge in [-0.25, -0.2) is 8.78 Å². The molecule has 5 nitrogen and oxygen atoms in total. The van der Waals surface area contributed by atoms with E-state index in [0.29, 0.717) is 6.54 Å². The van der Waals surface area contributed by atoms with E-state index in [1.165, 1.54) is 12.1 Å². The molecule has 1 aliphatic heterocycles. The van der Waals surface area contributed by atoms with E-state index in [4.69, 9.17) is 9.26 Å². The first-order valence-corrected chi connectivity index (χ1v) is 8.60. The number of hydrogen-bond acceptors (Lipinski definition) is 4. The quantitative estimate of drug-likeness (QED) is 0.696. The number of hydrogen-bond donors (Lipinski definition) is 0. The van der Waals surface area contributed by atoms with Crippen molar-refractivity contribution in [2.24, 2.45) is 0 Å². The molecule has 1 aliphatic rings. The van der Waals surface area contributed by atoms with Crippen LogP contribution in [0.1, 0.15) is 42.4 Å². The van der Waals surface area contributed by atoms with Crippen LogP contribution in [0.5, 0.6) is 5.75 Å². The molecule has 0 aliphatic carbocycles. The van der Waals surface area contributed by atoms with Crippen molar-refractivity contribution in [1.82, 2.24) is 10.1 Å². The van der Waals surface area contributed by atoms with Crippen LogP contribution >= 0.6 is 0 Å². The molecule has 2 heterocycles. The van der Waals surface area contributed by atoms with Gasteiger partial charge in [0.05, 0.1) is 6.04 Å². The van der Waals surface area contributed by atoms with Gasteiger partial charge in [0.1, 0.15) is 6.61 Å². The van der Waals surface area contributed by atoms with Crippen LogP contribution in [0.2, 0.25) is 0 Å². The minimum Gasteiger partial charge on any atom is -0.479 e. The van der Waals surface area contributed by atoms with Gasteiger partial charge in [-0.05, 0) is 18.6 Å². The van der Waals surface area contributed by atoms with E-state index < -0.39 is 17.4 Å². The minimum absolute atomic E-state index is 0.0614. The number of halogens is 2. The highest BCUT2D eigenvalue weighted by atomic mass is 19.1. The molecule has 1 amide bonds. The molecule has 2 aromatic rings. The third-order valence-corrected chi connectivity index (χ3v) is 4.23. The molecule has 0 spiro atoms. The Hall–Kier alpha value is -2.70. The lowest BCUT2D eigenvalue weighted by atomic mass is 10.1. The van der Waals surface area contributed by atoms with Gasteiger partial charge in [-0.3, -0.25) is 4.79 Å². The van der Waals surface area contributed by atoms with Gasteiger partial charge >= 0.3 is 0 Å². The molecule has 1 aromatic heterocycles. The number of amides is 1. The number of unbranched alkanes of at least 4 members (excludes halogenated alkanes) is 1. The van der Waals surface area contributed by atoms with Crippen molar-refractivity contribution in [3.8, 4) is 5.75 Å². The highest BCUT2D eigenvalue weighted by Gasteiger charge is 2.27. The molecule has 7 heteroatoms. The summed E-state index contributed by atoms with van der Waals surface area (Å²) in [7, 11) is 0. The number of para-hydroxylation sites is 1. The molecule has 138 valence electrons. The van der Waals surface area contributed by atoms with Gasteiger partial charge in [-0.15, -0.1) is 0 Å². The smallest absolute Gasteiger partial charge is 0.276 e. The zero-order valence-corrected chi connectivity index (χ0v) is 14.5. The molecule has 0 fully saturated rings. The van der Waals surface area contributed by atoms with Gasteiger partial charge in [0, 0.05) is 12.6 Å². The van der Waals surface area contributed by atoms with Crippen LogP contribution in [-0.2, 0) is 6.61 Å². The van der Waals surface area contributed by atoms with Gasteiger partial charge in [0.25, 0.3) is 5.91 Å². The van der Waals surface area contributed by atoms with E-state index in [-0.39, 0.29) is 30.0 Å².